The van der Waals surface area contributed by atoms with Gasteiger partial charge in [-0.15, -0.1) is 0 Å². The lowest BCUT2D eigenvalue weighted by atomic mass is 10.0. The van der Waals surface area contributed by atoms with Crippen LogP contribution in [0.3, 0.4) is 0 Å². The van der Waals surface area contributed by atoms with Gasteiger partial charge in [-0.2, -0.15) is 0 Å². The summed E-state index contributed by atoms with van der Waals surface area (Å²) < 4.78 is 6.50. The van der Waals surface area contributed by atoms with E-state index in [1.54, 1.807) is 12.5 Å². The van der Waals surface area contributed by atoms with E-state index in [4.69, 9.17) is 5.73 Å². The van der Waals surface area contributed by atoms with Crippen LogP contribution in [0.5, 0.6) is 0 Å². The van der Waals surface area contributed by atoms with Crippen molar-refractivity contribution < 1.29 is 9.53 Å². The lowest BCUT2D eigenvalue weighted by Gasteiger charge is -2.17. The molecule has 0 aliphatic rings. The largest absolute Gasteiger partial charge is 0.469 e. The average Bonchev–Trinajstić information content (AvgIpc) is 2.72. The Balaban J connectivity index is 2.67. The summed E-state index contributed by atoms with van der Waals surface area (Å²) in [5, 5.41) is 0. The number of methoxy groups -OCH3 is 1. The summed E-state index contributed by atoms with van der Waals surface area (Å²) >= 11 is 0. The summed E-state index contributed by atoms with van der Waals surface area (Å²) in [4.78, 5) is 15.1. The molecule has 0 aliphatic carbocycles. The number of imidazole rings is 1. The topological polar surface area (TPSA) is 70.1 Å². The van der Waals surface area contributed by atoms with Gasteiger partial charge in [0.2, 0.25) is 0 Å². The Bertz CT molecular complexity index is 347. The first-order chi connectivity index (χ1) is 7.56. The zero-order valence-corrected chi connectivity index (χ0v) is 10.0. The number of carbonyl (C=O) groups excluding carboxylic acids is 1. The minimum absolute atomic E-state index is 0.0554. The Hall–Kier alpha value is -1.36. The molecular formula is C11H19N3O2. The van der Waals surface area contributed by atoms with Crippen molar-refractivity contribution in [1.82, 2.24) is 9.55 Å². The Morgan fingerprint density at radius 2 is 2.31 bits per heavy atom. The van der Waals surface area contributed by atoms with Gasteiger partial charge in [0.15, 0.2) is 0 Å². The molecule has 2 N–H and O–H groups in total. The fourth-order valence-electron chi connectivity index (χ4n) is 1.45. The third-order valence-electron chi connectivity index (χ3n) is 2.59. The van der Waals surface area contributed by atoms with Crippen LogP contribution in [0.4, 0.5) is 0 Å². The molecule has 1 atom stereocenters. The molecule has 0 aliphatic heterocycles. The molecule has 0 bridgehead atoms. The maximum Gasteiger partial charge on any atom is 0.307 e. The van der Waals surface area contributed by atoms with Crippen LogP contribution < -0.4 is 5.73 Å². The van der Waals surface area contributed by atoms with E-state index in [1.807, 2.05) is 4.57 Å². The van der Waals surface area contributed by atoms with E-state index in [1.165, 1.54) is 7.11 Å². The van der Waals surface area contributed by atoms with Gasteiger partial charge in [-0.3, -0.25) is 4.79 Å². The average molecular weight is 225 g/mol. The molecule has 0 fully saturated rings. The third kappa shape index (κ3) is 3.06. The molecule has 1 aromatic rings. The van der Waals surface area contributed by atoms with Gasteiger partial charge in [0.25, 0.3) is 0 Å². The monoisotopic (exact) mass is 225 g/mol. The van der Waals surface area contributed by atoms with Gasteiger partial charge < -0.3 is 15.0 Å². The van der Waals surface area contributed by atoms with Crippen LogP contribution in [0, 0.1) is 5.92 Å². The highest BCUT2D eigenvalue weighted by atomic mass is 16.5. The van der Waals surface area contributed by atoms with Gasteiger partial charge in [-0.25, -0.2) is 4.98 Å². The highest BCUT2D eigenvalue weighted by molar-refractivity contribution is 5.68. The number of aryl methyl sites for hydroxylation is 1. The summed E-state index contributed by atoms with van der Waals surface area (Å²) in [6.45, 7) is 4.67. The van der Waals surface area contributed by atoms with Crippen LogP contribution in [-0.2, 0) is 16.1 Å². The van der Waals surface area contributed by atoms with Gasteiger partial charge >= 0.3 is 5.97 Å². The van der Waals surface area contributed by atoms with E-state index in [0.717, 1.165) is 5.69 Å². The molecule has 0 saturated heterocycles. The predicted molar refractivity (Wildman–Crippen MR) is 60.6 cm³/mol. The van der Waals surface area contributed by atoms with E-state index < -0.39 is 0 Å². The van der Waals surface area contributed by atoms with Crippen molar-refractivity contribution in [3.8, 4) is 0 Å². The van der Waals surface area contributed by atoms with Gasteiger partial charge in [-0.1, -0.05) is 13.8 Å². The zero-order valence-electron chi connectivity index (χ0n) is 10.0. The summed E-state index contributed by atoms with van der Waals surface area (Å²) in [5.74, 6) is 0.117. The molecule has 1 unspecified atom stereocenters. The molecule has 1 aromatic heterocycles. The smallest absolute Gasteiger partial charge is 0.307 e. The molecule has 1 heterocycles. The summed E-state index contributed by atoms with van der Waals surface area (Å²) in [7, 11) is 1.39. The van der Waals surface area contributed by atoms with Crippen molar-refractivity contribution in [2.24, 2.45) is 11.7 Å². The molecule has 90 valence electrons. The Morgan fingerprint density at radius 1 is 1.62 bits per heavy atom. The van der Waals surface area contributed by atoms with Crippen molar-refractivity contribution >= 4 is 5.97 Å². The number of hydrogen-bond donors (Lipinski definition) is 1. The Kier molecular flexibility index (Phi) is 4.49. The van der Waals surface area contributed by atoms with E-state index in [9.17, 15) is 4.79 Å². The standard InChI is InChI=1S/C11H19N3O2/c1-8(2)11(12)9-6-13-7-14(9)5-4-10(15)16-3/h6-8,11H,4-5,12H2,1-3H3. The number of nitrogens with zero attached hydrogens (tertiary/aromatic N) is 2. The number of ether oxygens (including phenoxy) is 1. The SMILES string of the molecule is COC(=O)CCn1cncc1C(N)C(C)C. The molecule has 0 aromatic carbocycles. The molecule has 16 heavy (non-hydrogen) atoms. The third-order valence-corrected chi connectivity index (χ3v) is 2.59. The highest BCUT2D eigenvalue weighted by Gasteiger charge is 2.15. The summed E-state index contributed by atoms with van der Waals surface area (Å²) in [6, 6.07) is -0.0554. The fourth-order valence-corrected chi connectivity index (χ4v) is 1.45. The number of carbonyl (C=O) groups is 1. The fraction of sp³-hybridized carbons (Fsp3) is 0.636. The maximum absolute atomic E-state index is 11.0. The van der Waals surface area contributed by atoms with Crippen LogP contribution in [0.15, 0.2) is 12.5 Å². The van der Waals surface area contributed by atoms with Crippen molar-refractivity contribution in [3.63, 3.8) is 0 Å². The summed E-state index contributed by atoms with van der Waals surface area (Å²) in [5.41, 5.74) is 7.00. The molecule has 5 nitrogen and oxygen atoms in total. The number of hydrogen-bond acceptors (Lipinski definition) is 4. The van der Waals surface area contributed by atoms with Crippen molar-refractivity contribution in [2.45, 2.75) is 32.9 Å². The van der Waals surface area contributed by atoms with Gasteiger partial charge in [0.05, 0.1) is 25.6 Å². The first-order valence-corrected chi connectivity index (χ1v) is 5.38. The predicted octanol–water partition coefficient (Wildman–Crippen LogP) is 1.10. The van der Waals surface area contributed by atoms with Crippen molar-refractivity contribution in [1.29, 1.82) is 0 Å². The van der Waals surface area contributed by atoms with E-state index in [-0.39, 0.29) is 12.0 Å². The lowest BCUT2D eigenvalue weighted by molar-refractivity contribution is -0.140. The number of rotatable bonds is 5. The van der Waals surface area contributed by atoms with Crippen LogP contribution in [0.1, 0.15) is 32.0 Å². The first-order valence-electron chi connectivity index (χ1n) is 5.38. The van der Waals surface area contributed by atoms with Crippen molar-refractivity contribution in [3.05, 3.63) is 18.2 Å². The number of aromatic nitrogens is 2. The second-order valence-electron chi connectivity index (χ2n) is 4.11. The van der Waals surface area contributed by atoms with Gasteiger partial charge in [0, 0.05) is 18.8 Å². The van der Waals surface area contributed by atoms with Gasteiger partial charge in [-0.05, 0) is 5.92 Å². The number of esters is 1. The van der Waals surface area contributed by atoms with Crippen molar-refractivity contribution in [2.75, 3.05) is 7.11 Å². The molecule has 5 heteroatoms. The van der Waals surface area contributed by atoms with Crippen LogP contribution >= 0.6 is 0 Å². The second-order valence-corrected chi connectivity index (χ2v) is 4.11. The Labute approximate surface area is 95.6 Å². The molecule has 1 rings (SSSR count). The lowest BCUT2D eigenvalue weighted by Crippen LogP contribution is -2.21. The zero-order chi connectivity index (χ0) is 12.1. The van der Waals surface area contributed by atoms with Crippen LogP contribution in [0.25, 0.3) is 0 Å². The van der Waals surface area contributed by atoms with Crippen LogP contribution in [0.2, 0.25) is 0 Å². The summed E-state index contributed by atoms with van der Waals surface area (Å²) in [6.07, 6.45) is 3.78. The van der Waals surface area contributed by atoms with E-state index in [0.29, 0.717) is 18.9 Å². The molecule has 0 saturated carbocycles. The molecular weight excluding hydrogens is 206 g/mol. The van der Waals surface area contributed by atoms with E-state index >= 15 is 0 Å². The Morgan fingerprint density at radius 3 is 2.88 bits per heavy atom. The minimum Gasteiger partial charge on any atom is -0.469 e. The number of nitrogens with two attached hydrogens (primary N) is 1. The first kappa shape index (κ1) is 12.7. The normalized spacial score (nSPS) is 12.8. The quantitative estimate of drug-likeness (QED) is 0.762. The van der Waals surface area contributed by atoms with Gasteiger partial charge in [0.1, 0.15) is 0 Å². The molecule has 0 spiro atoms. The molecule has 0 amide bonds. The van der Waals surface area contributed by atoms with E-state index in [2.05, 4.69) is 23.6 Å². The van der Waals surface area contributed by atoms with Crippen LogP contribution in [-0.4, -0.2) is 22.6 Å². The highest BCUT2D eigenvalue weighted by Crippen LogP contribution is 2.18. The maximum atomic E-state index is 11.0. The second kappa shape index (κ2) is 5.65. The minimum atomic E-state index is -0.224. The molecule has 0 radical (unpaired) electrons.